The molecule has 0 aromatic heterocycles. The fraction of sp³-hybridized carbons (Fsp3) is 0.304. The number of amides is 1. The Morgan fingerprint density at radius 2 is 1.76 bits per heavy atom. The molecule has 1 unspecified atom stereocenters. The van der Waals surface area contributed by atoms with Crippen molar-refractivity contribution in [3.8, 4) is 11.5 Å². The van der Waals surface area contributed by atoms with Crippen molar-refractivity contribution < 1.29 is 22.1 Å². The Kier molecular flexibility index (Phi) is 6.99. The zero-order chi connectivity index (χ0) is 24.5. The topological polar surface area (TPSA) is 97.0 Å². The second kappa shape index (κ2) is 9.40. The normalized spacial score (nSPS) is 16.1. The molecular weight excluding hydrogens is 462 g/mol. The van der Waals surface area contributed by atoms with Crippen molar-refractivity contribution in [3.05, 3.63) is 64.4 Å². The fourth-order valence-electron chi connectivity index (χ4n) is 3.54. The molecule has 1 heterocycles. The van der Waals surface area contributed by atoms with Gasteiger partial charge in [0.05, 0.1) is 18.7 Å². The summed E-state index contributed by atoms with van der Waals surface area (Å²) in [5.74, 6) is 0.0681. The number of thiocarbonyl (C=S) groups is 1. The fourth-order valence-corrected chi connectivity index (χ4v) is 5.07. The van der Waals surface area contributed by atoms with Gasteiger partial charge in [0.15, 0.2) is 16.6 Å². The summed E-state index contributed by atoms with van der Waals surface area (Å²) < 4.78 is 36.8. The minimum atomic E-state index is -4.09. The number of ether oxygens (including phenoxy) is 1. The summed E-state index contributed by atoms with van der Waals surface area (Å²) in [6.45, 7) is 5.30. The molecule has 0 radical (unpaired) electrons. The molecule has 2 N–H and O–H groups in total. The quantitative estimate of drug-likeness (QED) is 0.472. The third kappa shape index (κ3) is 5.12. The van der Waals surface area contributed by atoms with E-state index in [1.165, 1.54) is 18.1 Å². The van der Waals surface area contributed by atoms with Crippen LogP contribution in [0.15, 0.2) is 52.6 Å². The number of hydrogen-bond acceptors (Lipinski definition) is 6. The summed E-state index contributed by atoms with van der Waals surface area (Å²) in [5, 5.41) is 6.47. The van der Waals surface area contributed by atoms with E-state index in [0.717, 1.165) is 5.56 Å². The number of carbonyl (C=O) groups is 1. The summed E-state index contributed by atoms with van der Waals surface area (Å²) in [6, 6.07) is 9.41. The number of hydrogen-bond donors (Lipinski definition) is 2. The highest BCUT2D eigenvalue weighted by atomic mass is 32.2. The van der Waals surface area contributed by atoms with Crippen molar-refractivity contribution >= 4 is 33.4 Å². The van der Waals surface area contributed by atoms with Gasteiger partial charge < -0.3 is 24.5 Å². The van der Waals surface area contributed by atoms with E-state index < -0.39 is 16.2 Å². The minimum Gasteiger partial charge on any atom is -0.493 e. The summed E-state index contributed by atoms with van der Waals surface area (Å²) in [5.41, 5.74) is 3.18. The van der Waals surface area contributed by atoms with Gasteiger partial charge in [0, 0.05) is 19.8 Å². The summed E-state index contributed by atoms with van der Waals surface area (Å²) in [6.07, 6.45) is 0. The third-order valence-corrected chi connectivity index (χ3v) is 6.84. The first-order chi connectivity index (χ1) is 15.4. The molecule has 8 nitrogen and oxygen atoms in total. The number of nitrogens with one attached hydrogen (secondary N) is 2. The number of allylic oxidation sites excluding steroid dienone is 1. The molecule has 10 heteroatoms. The molecule has 2 aromatic carbocycles. The van der Waals surface area contributed by atoms with Gasteiger partial charge in [-0.25, -0.2) is 0 Å². The maximum Gasteiger partial charge on any atom is 0.339 e. The van der Waals surface area contributed by atoms with Crippen LogP contribution in [0.4, 0.5) is 0 Å². The number of aryl methyl sites for hydroxylation is 2. The molecule has 33 heavy (non-hydrogen) atoms. The summed E-state index contributed by atoms with van der Waals surface area (Å²) in [4.78, 5) is 14.4. The van der Waals surface area contributed by atoms with Crippen LogP contribution in [0.2, 0.25) is 0 Å². The van der Waals surface area contributed by atoms with E-state index in [4.69, 9.17) is 21.1 Å². The predicted molar refractivity (Wildman–Crippen MR) is 130 cm³/mol. The van der Waals surface area contributed by atoms with Gasteiger partial charge in [-0.1, -0.05) is 18.2 Å². The lowest BCUT2D eigenvalue weighted by molar-refractivity contribution is -0.125. The summed E-state index contributed by atoms with van der Waals surface area (Å²) >= 11 is 5.28. The standard InChI is InChI=1S/C23H27N3O5S2/c1-13-7-8-14(2)19(11-13)33(28,29)31-17-10-9-16(12-18(17)30-6)21-20(22(27)26(4)5)15(3)24-23(32)25-21/h7-12,21H,1-6H3,(H2,24,25,32). The molecule has 1 atom stereocenters. The first-order valence-corrected chi connectivity index (χ1v) is 12.0. The second-order valence-electron chi connectivity index (χ2n) is 7.99. The molecule has 0 saturated heterocycles. The number of rotatable bonds is 6. The summed E-state index contributed by atoms with van der Waals surface area (Å²) in [7, 11) is 0.672. The molecule has 3 rings (SSSR count). The monoisotopic (exact) mass is 489 g/mol. The van der Waals surface area contributed by atoms with Crippen LogP contribution in [0.3, 0.4) is 0 Å². The first-order valence-electron chi connectivity index (χ1n) is 10.1. The Labute approximate surface area is 199 Å². The lowest BCUT2D eigenvalue weighted by atomic mass is 9.94. The zero-order valence-corrected chi connectivity index (χ0v) is 21.0. The number of nitrogens with zero attached hydrogens (tertiary/aromatic N) is 1. The Hall–Kier alpha value is -3.11. The number of carbonyl (C=O) groups excluding carboxylic acids is 1. The van der Waals surface area contributed by atoms with Crippen LogP contribution in [0, 0.1) is 13.8 Å². The SMILES string of the molecule is COc1cc(C2NC(=S)NC(C)=C2C(=O)N(C)C)ccc1OS(=O)(=O)c1cc(C)ccc1C. The van der Waals surface area contributed by atoms with Crippen LogP contribution >= 0.6 is 12.2 Å². The average molecular weight is 490 g/mol. The molecule has 0 bridgehead atoms. The van der Waals surface area contributed by atoms with Crippen LogP contribution in [0.1, 0.15) is 29.7 Å². The van der Waals surface area contributed by atoms with Crippen molar-refractivity contribution in [1.82, 2.24) is 15.5 Å². The molecule has 176 valence electrons. The lowest BCUT2D eigenvalue weighted by Crippen LogP contribution is -2.46. The lowest BCUT2D eigenvalue weighted by Gasteiger charge is -2.31. The van der Waals surface area contributed by atoms with E-state index in [1.807, 2.05) is 13.0 Å². The molecule has 0 aliphatic carbocycles. The van der Waals surface area contributed by atoms with E-state index in [-0.39, 0.29) is 22.3 Å². The van der Waals surface area contributed by atoms with E-state index in [0.29, 0.717) is 27.5 Å². The minimum absolute atomic E-state index is 0.0415. The van der Waals surface area contributed by atoms with Crippen LogP contribution in [0.5, 0.6) is 11.5 Å². The van der Waals surface area contributed by atoms with Gasteiger partial charge in [0.2, 0.25) is 0 Å². The number of methoxy groups -OCH3 is 1. The van der Waals surface area contributed by atoms with Gasteiger partial charge in [-0.15, -0.1) is 0 Å². The molecule has 0 spiro atoms. The highest BCUT2D eigenvalue weighted by Crippen LogP contribution is 2.36. The molecular formula is C23H27N3O5S2. The predicted octanol–water partition coefficient (Wildman–Crippen LogP) is 2.96. The maximum atomic E-state index is 13.0. The number of benzene rings is 2. The Morgan fingerprint density at radius 3 is 2.39 bits per heavy atom. The molecule has 1 aliphatic heterocycles. The Balaban J connectivity index is 2.02. The molecule has 1 amide bonds. The van der Waals surface area contributed by atoms with Crippen molar-refractivity contribution in [2.24, 2.45) is 0 Å². The van der Waals surface area contributed by atoms with Crippen LogP contribution < -0.4 is 19.6 Å². The van der Waals surface area contributed by atoms with Crippen LogP contribution in [-0.4, -0.2) is 45.5 Å². The Morgan fingerprint density at radius 1 is 1.06 bits per heavy atom. The molecule has 1 aliphatic rings. The molecule has 0 fully saturated rings. The van der Waals surface area contributed by atoms with Gasteiger partial charge in [0.1, 0.15) is 4.90 Å². The first kappa shape index (κ1) is 24.5. The average Bonchev–Trinajstić information content (AvgIpc) is 2.74. The van der Waals surface area contributed by atoms with Gasteiger partial charge >= 0.3 is 10.1 Å². The van der Waals surface area contributed by atoms with E-state index >= 15 is 0 Å². The maximum absolute atomic E-state index is 13.0. The van der Waals surface area contributed by atoms with Crippen molar-refractivity contribution in [3.63, 3.8) is 0 Å². The highest BCUT2D eigenvalue weighted by Gasteiger charge is 2.31. The third-order valence-electron chi connectivity index (χ3n) is 5.24. The van der Waals surface area contributed by atoms with Gasteiger partial charge in [0.25, 0.3) is 5.91 Å². The second-order valence-corrected chi connectivity index (χ2v) is 9.91. The van der Waals surface area contributed by atoms with Gasteiger partial charge in [-0.05, 0) is 67.9 Å². The molecule has 0 saturated carbocycles. The Bertz CT molecular complexity index is 1250. The van der Waals surface area contributed by atoms with Crippen LogP contribution in [-0.2, 0) is 14.9 Å². The smallest absolute Gasteiger partial charge is 0.339 e. The van der Waals surface area contributed by atoms with Gasteiger partial charge in [-0.2, -0.15) is 8.42 Å². The van der Waals surface area contributed by atoms with Gasteiger partial charge in [-0.3, -0.25) is 4.79 Å². The van der Waals surface area contributed by atoms with Crippen molar-refractivity contribution in [2.45, 2.75) is 31.7 Å². The zero-order valence-electron chi connectivity index (χ0n) is 19.3. The van der Waals surface area contributed by atoms with E-state index in [1.54, 1.807) is 52.2 Å². The van der Waals surface area contributed by atoms with Crippen molar-refractivity contribution in [1.29, 1.82) is 0 Å². The highest BCUT2D eigenvalue weighted by molar-refractivity contribution is 7.87. The van der Waals surface area contributed by atoms with Crippen LogP contribution in [0.25, 0.3) is 0 Å². The van der Waals surface area contributed by atoms with E-state index in [9.17, 15) is 13.2 Å². The van der Waals surface area contributed by atoms with E-state index in [2.05, 4.69) is 10.6 Å². The number of likely N-dealkylation sites (N-methyl/N-ethyl adjacent to an activating group) is 1. The molecule has 2 aromatic rings. The van der Waals surface area contributed by atoms with Crippen molar-refractivity contribution in [2.75, 3.05) is 21.2 Å². The largest absolute Gasteiger partial charge is 0.493 e.